The van der Waals surface area contributed by atoms with Gasteiger partial charge in [0.05, 0.1) is 17.9 Å². The molecule has 0 fully saturated rings. The fourth-order valence-electron chi connectivity index (χ4n) is 1.55. The van der Waals surface area contributed by atoms with Crippen molar-refractivity contribution in [3.8, 4) is 0 Å². The second-order valence-corrected chi connectivity index (χ2v) is 6.88. The number of aliphatic hydroxyl groups is 1. The maximum Gasteiger partial charge on any atom is 0.338 e. The number of carboxylic acids is 1. The average Bonchev–Trinajstić information content (AvgIpc) is 2.46. The van der Waals surface area contributed by atoms with Gasteiger partial charge in [0.25, 0.3) is 0 Å². The van der Waals surface area contributed by atoms with Crippen molar-refractivity contribution in [3.05, 3.63) is 35.4 Å². The van der Waals surface area contributed by atoms with E-state index in [1.54, 1.807) is 6.92 Å². The molecule has 0 aromatic heterocycles. The first-order chi connectivity index (χ1) is 10.6. The van der Waals surface area contributed by atoms with E-state index in [1.165, 1.54) is 24.3 Å². The highest BCUT2D eigenvalue weighted by atomic mass is 32.2. The van der Waals surface area contributed by atoms with Gasteiger partial charge < -0.3 is 14.9 Å². The molecule has 1 rings (SSSR count). The third-order valence-corrected chi connectivity index (χ3v) is 4.22. The number of sulfonamides is 1. The van der Waals surface area contributed by atoms with Crippen molar-refractivity contribution >= 4 is 22.0 Å². The molecule has 0 aliphatic rings. The highest BCUT2D eigenvalue weighted by Crippen LogP contribution is 2.10. The Morgan fingerprint density at radius 3 is 2.30 bits per heavy atom. The van der Waals surface area contributed by atoms with Crippen molar-refractivity contribution < 1.29 is 33.0 Å². The Morgan fingerprint density at radius 2 is 1.83 bits per heavy atom. The second kappa shape index (κ2) is 7.53. The molecule has 9 heteroatoms. The van der Waals surface area contributed by atoms with E-state index in [-0.39, 0.29) is 6.61 Å². The summed E-state index contributed by atoms with van der Waals surface area (Å²) in [5.74, 6) is -2.44. The topological polar surface area (TPSA) is 130 Å². The predicted molar refractivity (Wildman–Crippen MR) is 81.3 cm³/mol. The lowest BCUT2D eigenvalue weighted by molar-refractivity contribution is -0.155. The van der Waals surface area contributed by atoms with Gasteiger partial charge in [-0.25, -0.2) is 22.7 Å². The number of carbonyl (C=O) groups excluding carboxylic acids is 1. The van der Waals surface area contributed by atoms with E-state index in [2.05, 4.69) is 0 Å². The fourth-order valence-corrected chi connectivity index (χ4v) is 2.78. The molecular formula is C14H19NO7S. The highest BCUT2D eigenvalue weighted by Gasteiger charge is 2.31. The van der Waals surface area contributed by atoms with Gasteiger partial charge in [-0.05, 0) is 31.5 Å². The molecular weight excluding hydrogens is 326 g/mol. The van der Waals surface area contributed by atoms with Crippen molar-refractivity contribution in [2.45, 2.75) is 25.2 Å². The smallest absolute Gasteiger partial charge is 0.338 e. The van der Waals surface area contributed by atoms with E-state index in [0.717, 1.165) is 6.92 Å². The standard InChI is InChI=1S/C14H19NO7S/c1-3-22-12(16)11-6-4-10(5-7-11)8-23(20,21)15-9-14(2,19)13(17)18/h4-7,15,19H,3,8-9H2,1-2H3,(H,17,18). The second-order valence-electron chi connectivity index (χ2n) is 5.08. The Labute approximate surface area is 134 Å². The molecule has 128 valence electrons. The minimum Gasteiger partial charge on any atom is -0.479 e. The van der Waals surface area contributed by atoms with Crippen LogP contribution in [0.4, 0.5) is 0 Å². The van der Waals surface area contributed by atoms with Crippen LogP contribution in [0.25, 0.3) is 0 Å². The van der Waals surface area contributed by atoms with Gasteiger partial charge in [0.15, 0.2) is 5.60 Å². The normalized spacial score (nSPS) is 14.0. The van der Waals surface area contributed by atoms with Crippen LogP contribution in [0.15, 0.2) is 24.3 Å². The van der Waals surface area contributed by atoms with Gasteiger partial charge in [-0.2, -0.15) is 0 Å². The minimum atomic E-state index is -3.83. The van der Waals surface area contributed by atoms with Crippen LogP contribution in [0.3, 0.4) is 0 Å². The van der Waals surface area contributed by atoms with Gasteiger partial charge in [-0.1, -0.05) is 12.1 Å². The molecule has 0 aliphatic carbocycles. The van der Waals surface area contributed by atoms with E-state index in [0.29, 0.717) is 11.1 Å². The molecule has 23 heavy (non-hydrogen) atoms. The predicted octanol–water partition coefficient (Wildman–Crippen LogP) is 0.118. The van der Waals surface area contributed by atoms with Crippen LogP contribution in [0.2, 0.25) is 0 Å². The molecule has 0 aliphatic heterocycles. The number of nitrogens with one attached hydrogen (secondary N) is 1. The first kappa shape index (κ1) is 19.1. The van der Waals surface area contributed by atoms with Crippen molar-refractivity contribution in [2.75, 3.05) is 13.2 Å². The molecule has 1 atom stereocenters. The van der Waals surface area contributed by atoms with Crippen molar-refractivity contribution in [1.82, 2.24) is 4.72 Å². The number of carboxylic acid groups (broad SMARTS) is 1. The van der Waals surface area contributed by atoms with Crippen molar-refractivity contribution in [2.24, 2.45) is 0 Å². The molecule has 1 aromatic carbocycles. The third-order valence-electron chi connectivity index (χ3n) is 2.92. The van der Waals surface area contributed by atoms with Crippen molar-refractivity contribution in [1.29, 1.82) is 0 Å². The van der Waals surface area contributed by atoms with Crippen LogP contribution in [0, 0.1) is 0 Å². The number of hydrogen-bond donors (Lipinski definition) is 3. The van der Waals surface area contributed by atoms with Crippen LogP contribution in [-0.4, -0.2) is 49.3 Å². The number of hydrogen-bond acceptors (Lipinski definition) is 6. The molecule has 0 saturated carbocycles. The van der Waals surface area contributed by atoms with Crippen LogP contribution >= 0.6 is 0 Å². The van der Waals surface area contributed by atoms with Crippen LogP contribution in [-0.2, 0) is 25.3 Å². The maximum atomic E-state index is 11.9. The fraction of sp³-hybridized carbons (Fsp3) is 0.429. The highest BCUT2D eigenvalue weighted by molar-refractivity contribution is 7.88. The summed E-state index contributed by atoms with van der Waals surface area (Å²) in [6.07, 6.45) is 0. The van der Waals surface area contributed by atoms with Crippen molar-refractivity contribution in [3.63, 3.8) is 0 Å². The largest absolute Gasteiger partial charge is 0.479 e. The van der Waals surface area contributed by atoms with E-state index in [9.17, 15) is 23.1 Å². The molecule has 0 heterocycles. The van der Waals surface area contributed by atoms with Crippen LogP contribution < -0.4 is 4.72 Å². The quantitative estimate of drug-likeness (QED) is 0.570. The van der Waals surface area contributed by atoms with Gasteiger partial charge in [-0.15, -0.1) is 0 Å². The average molecular weight is 345 g/mol. The molecule has 1 aromatic rings. The summed E-state index contributed by atoms with van der Waals surface area (Å²) < 4.78 is 30.6. The van der Waals surface area contributed by atoms with E-state index in [1.807, 2.05) is 4.72 Å². The zero-order valence-corrected chi connectivity index (χ0v) is 13.6. The van der Waals surface area contributed by atoms with E-state index >= 15 is 0 Å². The van der Waals surface area contributed by atoms with Gasteiger partial charge in [0.1, 0.15) is 0 Å². The van der Waals surface area contributed by atoms with Crippen LogP contribution in [0.5, 0.6) is 0 Å². The Morgan fingerprint density at radius 1 is 1.26 bits per heavy atom. The first-order valence-electron chi connectivity index (χ1n) is 6.76. The number of ether oxygens (including phenoxy) is 1. The molecule has 1 unspecified atom stereocenters. The molecule has 0 bridgehead atoms. The molecule has 0 saturated heterocycles. The summed E-state index contributed by atoms with van der Waals surface area (Å²) >= 11 is 0. The Bertz CT molecular complexity index is 665. The summed E-state index contributed by atoms with van der Waals surface area (Å²) in [6, 6.07) is 5.80. The van der Waals surface area contributed by atoms with E-state index in [4.69, 9.17) is 9.84 Å². The van der Waals surface area contributed by atoms with Gasteiger partial charge in [0, 0.05) is 6.54 Å². The number of rotatable bonds is 8. The number of benzene rings is 1. The lowest BCUT2D eigenvalue weighted by Crippen LogP contribution is -2.46. The summed E-state index contributed by atoms with van der Waals surface area (Å²) in [5.41, 5.74) is -1.49. The summed E-state index contributed by atoms with van der Waals surface area (Å²) in [7, 11) is -3.83. The summed E-state index contributed by atoms with van der Waals surface area (Å²) in [5, 5.41) is 18.2. The lowest BCUT2D eigenvalue weighted by atomic mass is 10.1. The number of esters is 1. The maximum absolute atomic E-state index is 11.9. The molecule has 3 N–H and O–H groups in total. The SMILES string of the molecule is CCOC(=O)c1ccc(CS(=O)(=O)NCC(C)(O)C(=O)O)cc1. The lowest BCUT2D eigenvalue weighted by Gasteiger charge is -2.18. The Hall–Kier alpha value is -1.97. The molecule has 8 nitrogen and oxygen atoms in total. The first-order valence-corrected chi connectivity index (χ1v) is 8.42. The summed E-state index contributed by atoms with van der Waals surface area (Å²) in [6.45, 7) is 2.26. The number of aliphatic carboxylic acids is 1. The minimum absolute atomic E-state index is 0.238. The van der Waals surface area contributed by atoms with Crippen LogP contribution in [0.1, 0.15) is 29.8 Å². The Kier molecular flexibility index (Phi) is 6.25. The van der Waals surface area contributed by atoms with Gasteiger partial charge in [0.2, 0.25) is 10.0 Å². The molecule has 0 amide bonds. The van der Waals surface area contributed by atoms with E-state index < -0.39 is 39.9 Å². The zero-order valence-electron chi connectivity index (χ0n) is 12.8. The monoisotopic (exact) mass is 345 g/mol. The summed E-state index contributed by atoms with van der Waals surface area (Å²) in [4.78, 5) is 22.2. The third kappa shape index (κ3) is 5.97. The Balaban J connectivity index is 2.71. The molecule has 0 spiro atoms. The number of carbonyl (C=O) groups is 2. The molecule has 0 radical (unpaired) electrons. The van der Waals surface area contributed by atoms with Gasteiger partial charge >= 0.3 is 11.9 Å². The zero-order chi connectivity index (χ0) is 17.7. The van der Waals surface area contributed by atoms with Gasteiger partial charge in [-0.3, -0.25) is 0 Å².